The first-order valence-electron chi connectivity index (χ1n) is 5.90. The standard InChI is InChI=1S/C13H17N3O3/c1-4-19-13(18)6-12(17)10(14)5-11-9(3)16-8(2)7-15-11/h5,7H,4,6,14H2,1-3H3/b10-5-. The number of ether oxygens (including phenoxy) is 1. The van der Waals surface area contributed by atoms with E-state index in [1.54, 1.807) is 20.0 Å². The van der Waals surface area contributed by atoms with E-state index in [1.807, 2.05) is 6.92 Å². The van der Waals surface area contributed by atoms with Gasteiger partial charge in [0.05, 0.1) is 29.4 Å². The number of carbonyl (C=O) groups is 2. The molecule has 0 saturated heterocycles. The summed E-state index contributed by atoms with van der Waals surface area (Å²) in [7, 11) is 0. The Morgan fingerprint density at radius 3 is 2.68 bits per heavy atom. The predicted molar refractivity (Wildman–Crippen MR) is 69.9 cm³/mol. The summed E-state index contributed by atoms with van der Waals surface area (Å²) < 4.78 is 4.68. The van der Waals surface area contributed by atoms with Crippen LogP contribution in [0.4, 0.5) is 0 Å². The molecule has 102 valence electrons. The van der Waals surface area contributed by atoms with Crippen LogP contribution in [0.5, 0.6) is 0 Å². The molecule has 19 heavy (non-hydrogen) atoms. The number of rotatable bonds is 5. The van der Waals surface area contributed by atoms with Gasteiger partial charge in [0, 0.05) is 6.20 Å². The van der Waals surface area contributed by atoms with Crippen molar-refractivity contribution in [2.24, 2.45) is 5.73 Å². The molecule has 0 aromatic carbocycles. The second-order valence-electron chi connectivity index (χ2n) is 3.99. The minimum atomic E-state index is -0.587. The molecule has 2 N–H and O–H groups in total. The van der Waals surface area contributed by atoms with Crippen LogP contribution < -0.4 is 5.73 Å². The number of ketones is 1. The molecule has 0 amide bonds. The number of aromatic nitrogens is 2. The maximum Gasteiger partial charge on any atom is 0.313 e. The Hall–Kier alpha value is -2.24. The highest BCUT2D eigenvalue weighted by Crippen LogP contribution is 2.07. The Balaban J connectivity index is 2.81. The normalized spacial score (nSPS) is 11.2. The van der Waals surface area contributed by atoms with Gasteiger partial charge >= 0.3 is 5.97 Å². The third-order valence-corrected chi connectivity index (χ3v) is 2.33. The van der Waals surface area contributed by atoms with Gasteiger partial charge in [-0.15, -0.1) is 0 Å². The Morgan fingerprint density at radius 1 is 1.42 bits per heavy atom. The van der Waals surface area contributed by atoms with E-state index < -0.39 is 11.8 Å². The Labute approximate surface area is 111 Å². The third kappa shape index (κ3) is 4.50. The van der Waals surface area contributed by atoms with Crippen LogP contribution in [0.3, 0.4) is 0 Å². The molecule has 0 unspecified atom stereocenters. The number of nitrogens with zero attached hydrogens (tertiary/aromatic N) is 2. The maximum absolute atomic E-state index is 11.7. The summed E-state index contributed by atoms with van der Waals surface area (Å²) in [6.45, 7) is 5.50. The number of esters is 1. The van der Waals surface area contributed by atoms with Crippen molar-refractivity contribution >= 4 is 17.8 Å². The average Bonchev–Trinajstić information content (AvgIpc) is 2.32. The van der Waals surface area contributed by atoms with Crippen LogP contribution in [-0.4, -0.2) is 28.3 Å². The van der Waals surface area contributed by atoms with Crippen LogP contribution in [0.25, 0.3) is 6.08 Å². The van der Waals surface area contributed by atoms with Gasteiger partial charge in [0.15, 0.2) is 5.78 Å². The molecular weight excluding hydrogens is 246 g/mol. The van der Waals surface area contributed by atoms with E-state index in [1.165, 1.54) is 6.08 Å². The van der Waals surface area contributed by atoms with Gasteiger partial charge in [-0.2, -0.15) is 0 Å². The van der Waals surface area contributed by atoms with Crippen molar-refractivity contribution in [1.82, 2.24) is 9.97 Å². The smallest absolute Gasteiger partial charge is 0.313 e. The highest BCUT2D eigenvalue weighted by molar-refractivity contribution is 6.07. The molecule has 0 atom stereocenters. The van der Waals surface area contributed by atoms with Crippen LogP contribution in [0, 0.1) is 13.8 Å². The number of Topliss-reactive ketones (excluding diaryl/α,β-unsaturated/α-hetero) is 1. The summed E-state index contributed by atoms with van der Waals surface area (Å²) in [6.07, 6.45) is 2.64. The minimum Gasteiger partial charge on any atom is -0.466 e. The van der Waals surface area contributed by atoms with E-state index in [0.717, 1.165) is 5.69 Å². The molecule has 1 rings (SSSR count). The van der Waals surface area contributed by atoms with Crippen molar-refractivity contribution in [1.29, 1.82) is 0 Å². The number of carbonyl (C=O) groups excluding carboxylic acids is 2. The van der Waals surface area contributed by atoms with E-state index in [0.29, 0.717) is 11.4 Å². The van der Waals surface area contributed by atoms with Crippen molar-refractivity contribution in [3.63, 3.8) is 0 Å². The zero-order valence-corrected chi connectivity index (χ0v) is 11.3. The molecule has 0 saturated carbocycles. The van der Waals surface area contributed by atoms with Crippen molar-refractivity contribution in [3.05, 3.63) is 29.0 Å². The molecule has 6 nitrogen and oxygen atoms in total. The molecule has 1 heterocycles. The van der Waals surface area contributed by atoms with Crippen LogP contribution in [0.15, 0.2) is 11.9 Å². The molecule has 0 spiro atoms. The highest BCUT2D eigenvalue weighted by Gasteiger charge is 2.13. The van der Waals surface area contributed by atoms with Crippen LogP contribution in [0.1, 0.15) is 30.4 Å². The van der Waals surface area contributed by atoms with Crippen LogP contribution in [-0.2, 0) is 14.3 Å². The van der Waals surface area contributed by atoms with Gasteiger partial charge in [0.2, 0.25) is 0 Å². The summed E-state index contributed by atoms with van der Waals surface area (Å²) in [5.41, 5.74) is 7.57. The quantitative estimate of drug-likeness (QED) is 0.482. The summed E-state index contributed by atoms with van der Waals surface area (Å²) in [5.74, 6) is -1.07. The molecule has 0 aliphatic carbocycles. The second-order valence-corrected chi connectivity index (χ2v) is 3.99. The van der Waals surface area contributed by atoms with Gasteiger partial charge < -0.3 is 10.5 Å². The van der Waals surface area contributed by atoms with Gasteiger partial charge in [-0.3, -0.25) is 19.6 Å². The SMILES string of the molecule is CCOC(=O)CC(=O)/C(N)=C/c1ncc(C)nc1C. The third-order valence-electron chi connectivity index (χ3n) is 2.33. The minimum absolute atomic E-state index is 0.0330. The summed E-state index contributed by atoms with van der Waals surface area (Å²) in [5, 5.41) is 0. The fourth-order valence-electron chi connectivity index (χ4n) is 1.42. The number of allylic oxidation sites excluding steroid dienone is 1. The van der Waals surface area contributed by atoms with Gasteiger partial charge in [-0.25, -0.2) is 0 Å². The zero-order chi connectivity index (χ0) is 14.4. The van der Waals surface area contributed by atoms with Gasteiger partial charge in [0.25, 0.3) is 0 Å². The lowest BCUT2D eigenvalue weighted by Gasteiger charge is -2.03. The predicted octanol–water partition coefficient (Wildman–Crippen LogP) is 0.915. The lowest BCUT2D eigenvalue weighted by atomic mass is 10.2. The van der Waals surface area contributed by atoms with Crippen LogP contribution in [0.2, 0.25) is 0 Å². The number of hydrogen-bond acceptors (Lipinski definition) is 6. The van der Waals surface area contributed by atoms with Crippen LogP contribution >= 0.6 is 0 Å². The Kier molecular flexibility index (Phi) is 5.17. The van der Waals surface area contributed by atoms with Crippen molar-refractivity contribution in [2.75, 3.05) is 6.61 Å². The van der Waals surface area contributed by atoms with E-state index in [-0.39, 0.29) is 18.7 Å². The maximum atomic E-state index is 11.7. The Morgan fingerprint density at radius 2 is 2.11 bits per heavy atom. The molecule has 1 aromatic heterocycles. The lowest BCUT2D eigenvalue weighted by Crippen LogP contribution is -2.17. The van der Waals surface area contributed by atoms with Crippen molar-refractivity contribution < 1.29 is 14.3 Å². The molecule has 6 heteroatoms. The number of nitrogens with two attached hydrogens (primary N) is 1. The second kappa shape index (κ2) is 6.63. The van der Waals surface area contributed by atoms with Gasteiger partial charge in [0.1, 0.15) is 6.42 Å². The van der Waals surface area contributed by atoms with E-state index in [9.17, 15) is 9.59 Å². The first-order chi connectivity index (χ1) is 8.93. The van der Waals surface area contributed by atoms with E-state index in [4.69, 9.17) is 5.73 Å². The van der Waals surface area contributed by atoms with Gasteiger partial charge in [-0.1, -0.05) is 0 Å². The fourth-order valence-corrected chi connectivity index (χ4v) is 1.42. The van der Waals surface area contributed by atoms with Crippen molar-refractivity contribution in [2.45, 2.75) is 27.2 Å². The average molecular weight is 263 g/mol. The molecule has 0 radical (unpaired) electrons. The zero-order valence-electron chi connectivity index (χ0n) is 11.3. The largest absolute Gasteiger partial charge is 0.466 e. The number of aryl methyl sites for hydroxylation is 2. The Bertz CT molecular complexity index is 524. The first kappa shape index (κ1) is 14.8. The van der Waals surface area contributed by atoms with E-state index >= 15 is 0 Å². The summed E-state index contributed by atoms with van der Waals surface area (Å²) in [6, 6.07) is 0. The summed E-state index contributed by atoms with van der Waals surface area (Å²) in [4.78, 5) is 31.2. The first-order valence-corrected chi connectivity index (χ1v) is 5.90. The highest BCUT2D eigenvalue weighted by atomic mass is 16.5. The summed E-state index contributed by atoms with van der Waals surface area (Å²) >= 11 is 0. The molecule has 0 aliphatic rings. The number of hydrogen-bond donors (Lipinski definition) is 1. The van der Waals surface area contributed by atoms with Crippen molar-refractivity contribution in [3.8, 4) is 0 Å². The molecule has 1 aromatic rings. The topological polar surface area (TPSA) is 95.2 Å². The lowest BCUT2D eigenvalue weighted by molar-refractivity contribution is -0.144. The molecule has 0 aliphatic heterocycles. The molecular formula is C13H17N3O3. The monoisotopic (exact) mass is 263 g/mol. The van der Waals surface area contributed by atoms with Gasteiger partial charge in [-0.05, 0) is 26.8 Å². The molecule has 0 fully saturated rings. The fraction of sp³-hybridized carbons (Fsp3) is 0.385. The molecule has 0 bridgehead atoms. The van der Waals surface area contributed by atoms with E-state index in [2.05, 4.69) is 14.7 Å².